The minimum atomic E-state index is -1.40. The highest BCUT2D eigenvalue weighted by molar-refractivity contribution is 6.30. The zero-order valence-corrected chi connectivity index (χ0v) is 11.8. The van der Waals surface area contributed by atoms with E-state index >= 15 is 0 Å². The number of aliphatic carboxylic acids is 1. The van der Waals surface area contributed by atoms with Gasteiger partial charge < -0.3 is 9.84 Å². The van der Waals surface area contributed by atoms with Crippen molar-refractivity contribution in [3.63, 3.8) is 0 Å². The molecule has 0 heterocycles. The summed E-state index contributed by atoms with van der Waals surface area (Å²) in [5.41, 5.74) is 0.0831. The third kappa shape index (κ3) is 3.18. The van der Waals surface area contributed by atoms with Crippen LogP contribution in [0.3, 0.4) is 0 Å². The Bertz CT molecular complexity index is 580. The van der Waals surface area contributed by atoms with Crippen LogP contribution in [0.15, 0.2) is 54.6 Å². The van der Waals surface area contributed by atoms with Crippen molar-refractivity contribution in [1.29, 1.82) is 0 Å². The minimum absolute atomic E-state index is 0.228. The molecule has 20 heavy (non-hydrogen) atoms. The molecule has 0 spiro atoms. The average molecular weight is 291 g/mol. The van der Waals surface area contributed by atoms with Crippen LogP contribution in [0.2, 0.25) is 5.02 Å². The number of rotatable bonds is 5. The molecule has 2 aromatic carbocycles. The van der Waals surface area contributed by atoms with Gasteiger partial charge in [-0.05, 0) is 30.2 Å². The number of hydrogen-bond donors (Lipinski definition) is 1. The second kappa shape index (κ2) is 6.07. The Morgan fingerprint density at radius 3 is 2.30 bits per heavy atom. The fourth-order valence-corrected chi connectivity index (χ4v) is 1.96. The molecule has 0 fully saturated rings. The summed E-state index contributed by atoms with van der Waals surface area (Å²) in [5.74, 6) is -1.03. The molecule has 2 aromatic rings. The van der Waals surface area contributed by atoms with E-state index in [-0.39, 0.29) is 6.61 Å². The average Bonchev–Trinajstić information content (AvgIpc) is 2.46. The highest BCUT2D eigenvalue weighted by Crippen LogP contribution is 2.28. The van der Waals surface area contributed by atoms with Crippen molar-refractivity contribution in [2.45, 2.75) is 19.1 Å². The SMILES string of the molecule is CC(OCc1ccccc1)(C(=O)O)c1ccc(Cl)cc1. The van der Waals surface area contributed by atoms with Crippen LogP contribution < -0.4 is 0 Å². The van der Waals surface area contributed by atoms with Crippen LogP contribution in [0.4, 0.5) is 0 Å². The Hall–Kier alpha value is -1.84. The lowest BCUT2D eigenvalue weighted by Crippen LogP contribution is -2.35. The zero-order valence-electron chi connectivity index (χ0n) is 11.0. The number of carboxylic acids is 1. The third-order valence-electron chi connectivity index (χ3n) is 3.17. The van der Waals surface area contributed by atoms with Crippen LogP contribution in [-0.2, 0) is 21.7 Å². The summed E-state index contributed by atoms with van der Waals surface area (Å²) in [6, 6.07) is 16.1. The van der Waals surface area contributed by atoms with Crippen molar-refractivity contribution in [1.82, 2.24) is 0 Å². The number of halogens is 1. The van der Waals surface area contributed by atoms with Crippen LogP contribution in [0.1, 0.15) is 18.1 Å². The van der Waals surface area contributed by atoms with Gasteiger partial charge in [0.15, 0.2) is 5.60 Å². The first kappa shape index (κ1) is 14.6. The van der Waals surface area contributed by atoms with E-state index in [2.05, 4.69) is 0 Å². The molecule has 4 heteroatoms. The summed E-state index contributed by atoms with van der Waals surface area (Å²) in [5, 5.41) is 10.0. The zero-order chi connectivity index (χ0) is 14.6. The molecule has 0 aliphatic carbocycles. The second-order valence-corrected chi connectivity index (χ2v) is 5.06. The Kier molecular flexibility index (Phi) is 4.42. The lowest BCUT2D eigenvalue weighted by atomic mass is 9.96. The maximum absolute atomic E-state index is 11.6. The van der Waals surface area contributed by atoms with Crippen LogP contribution in [0.25, 0.3) is 0 Å². The van der Waals surface area contributed by atoms with Gasteiger partial charge in [-0.15, -0.1) is 0 Å². The van der Waals surface area contributed by atoms with Gasteiger partial charge in [0.1, 0.15) is 0 Å². The maximum atomic E-state index is 11.6. The molecule has 0 saturated carbocycles. The van der Waals surface area contributed by atoms with Gasteiger partial charge in [0.25, 0.3) is 0 Å². The molecule has 0 aromatic heterocycles. The van der Waals surface area contributed by atoms with E-state index in [9.17, 15) is 9.90 Å². The van der Waals surface area contributed by atoms with Gasteiger partial charge in [-0.3, -0.25) is 0 Å². The van der Waals surface area contributed by atoms with E-state index in [1.54, 1.807) is 31.2 Å². The van der Waals surface area contributed by atoms with Crippen molar-refractivity contribution < 1.29 is 14.6 Å². The molecule has 1 N–H and O–H groups in total. The molecule has 0 saturated heterocycles. The minimum Gasteiger partial charge on any atom is -0.479 e. The Morgan fingerprint density at radius 1 is 1.15 bits per heavy atom. The van der Waals surface area contributed by atoms with Crippen molar-refractivity contribution in [2.24, 2.45) is 0 Å². The standard InChI is InChI=1S/C16H15ClO3/c1-16(15(18)19,13-7-9-14(17)10-8-13)20-11-12-5-3-2-4-6-12/h2-10H,11H2,1H3,(H,18,19). The van der Waals surface area contributed by atoms with Crippen molar-refractivity contribution >= 4 is 17.6 Å². The lowest BCUT2D eigenvalue weighted by Gasteiger charge is -2.26. The summed E-state index contributed by atoms with van der Waals surface area (Å²) in [6.45, 7) is 1.77. The fraction of sp³-hybridized carbons (Fsp3) is 0.188. The molecule has 0 aliphatic rings. The summed E-state index contributed by atoms with van der Waals surface area (Å²) >= 11 is 5.83. The van der Waals surface area contributed by atoms with Crippen molar-refractivity contribution in [3.8, 4) is 0 Å². The second-order valence-electron chi connectivity index (χ2n) is 4.62. The number of benzene rings is 2. The molecule has 104 valence electrons. The maximum Gasteiger partial charge on any atom is 0.340 e. The molecule has 0 amide bonds. The number of carboxylic acid groups (broad SMARTS) is 1. The Balaban J connectivity index is 2.21. The van der Waals surface area contributed by atoms with Gasteiger partial charge in [-0.1, -0.05) is 54.1 Å². The molecule has 0 aliphatic heterocycles. The molecule has 2 rings (SSSR count). The third-order valence-corrected chi connectivity index (χ3v) is 3.43. The predicted molar refractivity (Wildman–Crippen MR) is 77.7 cm³/mol. The monoisotopic (exact) mass is 290 g/mol. The quantitative estimate of drug-likeness (QED) is 0.909. The first-order chi connectivity index (χ1) is 9.52. The van der Waals surface area contributed by atoms with Crippen molar-refractivity contribution in [3.05, 3.63) is 70.7 Å². The van der Waals surface area contributed by atoms with E-state index in [1.165, 1.54) is 0 Å². The highest BCUT2D eigenvalue weighted by Gasteiger charge is 2.36. The van der Waals surface area contributed by atoms with Gasteiger partial charge in [-0.25, -0.2) is 4.79 Å². The smallest absolute Gasteiger partial charge is 0.340 e. The van der Waals surface area contributed by atoms with Gasteiger partial charge in [0.2, 0.25) is 0 Å². The number of carbonyl (C=O) groups is 1. The summed E-state index contributed by atoms with van der Waals surface area (Å²) < 4.78 is 5.66. The van der Waals surface area contributed by atoms with E-state index < -0.39 is 11.6 Å². The molecule has 0 radical (unpaired) electrons. The molecule has 1 unspecified atom stereocenters. The topological polar surface area (TPSA) is 46.5 Å². The molecular formula is C16H15ClO3. The normalized spacial score (nSPS) is 13.7. The first-order valence-corrected chi connectivity index (χ1v) is 6.57. The van der Waals surface area contributed by atoms with Crippen molar-refractivity contribution in [2.75, 3.05) is 0 Å². The molecular weight excluding hydrogens is 276 g/mol. The van der Waals surface area contributed by atoms with Gasteiger partial charge in [-0.2, -0.15) is 0 Å². The molecule has 3 nitrogen and oxygen atoms in total. The van der Waals surface area contributed by atoms with E-state index in [0.717, 1.165) is 5.56 Å². The summed E-state index contributed by atoms with van der Waals surface area (Å²) in [7, 11) is 0. The highest BCUT2D eigenvalue weighted by atomic mass is 35.5. The van der Waals surface area contributed by atoms with Crippen LogP contribution in [0.5, 0.6) is 0 Å². The summed E-state index contributed by atoms with van der Waals surface area (Å²) in [4.78, 5) is 11.6. The van der Waals surface area contributed by atoms with Crippen LogP contribution >= 0.6 is 11.6 Å². The molecule has 1 atom stereocenters. The predicted octanol–water partition coefficient (Wildman–Crippen LogP) is 3.86. The van der Waals surface area contributed by atoms with Crippen LogP contribution in [0, 0.1) is 0 Å². The van der Waals surface area contributed by atoms with Crippen LogP contribution in [-0.4, -0.2) is 11.1 Å². The van der Waals surface area contributed by atoms with Gasteiger partial charge in [0, 0.05) is 5.02 Å². The lowest BCUT2D eigenvalue weighted by molar-refractivity contribution is -0.167. The Labute approximate surface area is 122 Å². The van der Waals surface area contributed by atoms with Gasteiger partial charge >= 0.3 is 5.97 Å². The molecule has 0 bridgehead atoms. The first-order valence-electron chi connectivity index (χ1n) is 6.20. The van der Waals surface area contributed by atoms with E-state index in [1.807, 2.05) is 30.3 Å². The number of hydrogen-bond acceptors (Lipinski definition) is 2. The largest absolute Gasteiger partial charge is 0.479 e. The van der Waals surface area contributed by atoms with E-state index in [0.29, 0.717) is 10.6 Å². The van der Waals surface area contributed by atoms with Gasteiger partial charge in [0.05, 0.1) is 6.61 Å². The summed E-state index contributed by atoms with van der Waals surface area (Å²) in [6.07, 6.45) is 0. The fourth-order valence-electron chi connectivity index (χ4n) is 1.84. The Morgan fingerprint density at radius 2 is 1.75 bits per heavy atom. The number of ether oxygens (including phenoxy) is 1. The van der Waals surface area contributed by atoms with E-state index in [4.69, 9.17) is 16.3 Å².